The van der Waals surface area contributed by atoms with E-state index in [0.29, 0.717) is 24.7 Å². The number of aryl methyl sites for hydroxylation is 1. The molecule has 0 spiro atoms. The number of hydrogen-bond donors (Lipinski definition) is 1. The van der Waals surface area contributed by atoms with Gasteiger partial charge >= 0.3 is 5.97 Å². The van der Waals surface area contributed by atoms with Gasteiger partial charge in [0.15, 0.2) is 0 Å². The summed E-state index contributed by atoms with van der Waals surface area (Å²) in [6.45, 7) is 6.02. The maximum absolute atomic E-state index is 11.4. The fourth-order valence-electron chi connectivity index (χ4n) is 2.25. The minimum Gasteiger partial charge on any atom is -0.478 e. The predicted octanol–water partition coefficient (Wildman–Crippen LogP) is 0.542. The summed E-state index contributed by atoms with van der Waals surface area (Å²) in [4.78, 5) is 34.5. The van der Waals surface area contributed by atoms with E-state index in [1.807, 2.05) is 4.90 Å². The summed E-state index contributed by atoms with van der Waals surface area (Å²) in [6, 6.07) is 0. The van der Waals surface area contributed by atoms with E-state index in [1.165, 1.54) is 6.20 Å². The average molecular weight is 278 g/mol. The van der Waals surface area contributed by atoms with Crippen molar-refractivity contribution in [2.45, 2.75) is 20.3 Å². The molecular weight excluding hydrogens is 260 g/mol. The maximum Gasteiger partial charge on any atom is 0.339 e. The third-order valence-corrected chi connectivity index (χ3v) is 3.42. The van der Waals surface area contributed by atoms with Crippen molar-refractivity contribution < 1.29 is 14.7 Å². The molecule has 2 heterocycles. The van der Waals surface area contributed by atoms with Gasteiger partial charge in [-0.3, -0.25) is 4.79 Å². The molecule has 1 aromatic rings. The molecule has 1 N–H and O–H groups in total. The summed E-state index contributed by atoms with van der Waals surface area (Å²) in [5.74, 6) is -0.421. The second-order valence-electron chi connectivity index (χ2n) is 4.82. The van der Waals surface area contributed by atoms with Gasteiger partial charge in [-0.1, -0.05) is 0 Å². The highest BCUT2D eigenvalue weighted by Gasteiger charge is 2.19. The van der Waals surface area contributed by atoms with Crippen molar-refractivity contribution in [3.63, 3.8) is 0 Å². The first-order valence-electron chi connectivity index (χ1n) is 6.56. The quantitative estimate of drug-likeness (QED) is 0.849. The number of nitrogens with zero attached hydrogens (tertiary/aromatic N) is 4. The normalized spacial score (nSPS) is 15.9. The zero-order valence-corrected chi connectivity index (χ0v) is 11.7. The Bertz CT molecular complexity index is 532. The summed E-state index contributed by atoms with van der Waals surface area (Å²) < 4.78 is 0. The SMILES string of the molecule is CC(=O)N1CCCN(c2ncc(C(=O)O)c(C)n2)CC1. The van der Waals surface area contributed by atoms with Gasteiger partial charge in [0.2, 0.25) is 11.9 Å². The Labute approximate surface area is 117 Å². The van der Waals surface area contributed by atoms with Crippen molar-refractivity contribution in [1.29, 1.82) is 0 Å². The van der Waals surface area contributed by atoms with E-state index in [2.05, 4.69) is 9.97 Å². The van der Waals surface area contributed by atoms with E-state index in [0.717, 1.165) is 19.5 Å². The topological polar surface area (TPSA) is 86.6 Å². The molecule has 0 atom stereocenters. The predicted molar refractivity (Wildman–Crippen MR) is 72.8 cm³/mol. The first kappa shape index (κ1) is 14.2. The van der Waals surface area contributed by atoms with Gasteiger partial charge in [-0.15, -0.1) is 0 Å². The summed E-state index contributed by atoms with van der Waals surface area (Å²) in [5, 5.41) is 8.97. The maximum atomic E-state index is 11.4. The smallest absolute Gasteiger partial charge is 0.339 e. The highest BCUT2D eigenvalue weighted by Crippen LogP contribution is 2.14. The lowest BCUT2D eigenvalue weighted by atomic mass is 10.2. The molecule has 1 aromatic heterocycles. The van der Waals surface area contributed by atoms with Gasteiger partial charge in [0.25, 0.3) is 0 Å². The minimum absolute atomic E-state index is 0.0742. The summed E-state index contributed by atoms with van der Waals surface area (Å²) >= 11 is 0. The Morgan fingerprint density at radius 3 is 2.60 bits per heavy atom. The molecule has 0 aliphatic carbocycles. The third-order valence-electron chi connectivity index (χ3n) is 3.42. The zero-order valence-electron chi connectivity index (χ0n) is 11.7. The van der Waals surface area contributed by atoms with Gasteiger partial charge in [-0.05, 0) is 13.3 Å². The van der Waals surface area contributed by atoms with Crippen molar-refractivity contribution >= 4 is 17.8 Å². The average Bonchev–Trinajstić information content (AvgIpc) is 2.63. The van der Waals surface area contributed by atoms with Crippen molar-refractivity contribution in [1.82, 2.24) is 14.9 Å². The van der Waals surface area contributed by atoms with Crippen LogP contribution in [0.5, 0.6) is 0 Å². The monoisotopic (exact) mass is 278 g/mol. The van der Waals surface area contributed by atoms with Gasteiger partial charge in [-0.25, -0.2) is 14.8 Å². The first-order chi connectivity index (χ1) is 9.49. The molecule has 0 bridgehead atoms. The molecule has 1 aliphatic heterocycles. The Balaban J connectivity index is 2.14. The number of carboxylic acid groups (broad SMARTS) is 1. The standard InChI is InChI=1S/C13H18N4O3/c1-9-11(12(19)20)8-14-13(15-9)17-5-3-4-16(6-7-17)10(2)18/h8H,3-7H2,1-2H3,(H,19,20). The molecule has 7 heteroatoms. The molecule has 0 unspecified atom stereocenters. The van der Waals surface area contributed by atoms with E-state index < -0.39 is 5.97 Å². The molecule has 108 valence electrons. The Morgan fingerprint density at radius 1 is 1.25 bits per heavy atom. The molecule has 0 radical (unpaired) electrons. The Kier molecular flexibility index (Phi) is 4.16. The van der Waals surface area contributed by atoms with Crippen LogP contribution < -0.4 is 4.90 Å². The highest BCUT2D eigenvalue weighted by atomic mass is 16.4. The minimum atomic E-state index is -1.02. The lowest BCUT2D eigenvalue weighted by Crippen LogP contribution is -2.34. The van der Waals surface area contributed by atoms with Crippen LogP contribution in [0.2, 0.25) is 0 Å². The van der Waals surface area contributed by atoms with Gasteiger partial charge < -0.3 is 14.9 Å². The number of anilines is 1. The molecule has 1 aliphatic rings. The zero-order chi connectivity index (χ0) is 14.7. The highest BCUT2D eigenvalue weighted by molar-refractivity contribution is 5.88. The van der Waals surface area contributed by atoms with Crippen LogP contribution in [0.1, 0.15) is 29.4 Å². The number of hydrogen-bond acceptors (Lipinski definition) is 5. The molecule has 0 aromatic carbocycles. The molecule has 1 saturated heterocycles. The van der Waals surface area contributed by atoms with Crippen LogP contribution >= 0.6 is 0 Å². The van der Waals surface area contributed by atoms with Crippen LogP contribution in [0.3, 0.4) is 0 Å². The lowest BCUT2D eigenvalue weighted by molar-refractivity contribution is -0.128. The Morgan fingerprint density at radius 2 is 2.00 bits per heavy atom. The van der Waals surface area contributed by atoms with Gasteiger partial charge in [0, 0.05) is 39.3 Å². The van der Waals surface area contributed by atoms with Crippen LogP contribution in [0.4, 0.5) is 5.95 Å². The summed E-state index contributed by atoms with van der Waals surface area (Å²) in [5.41, 5.74) is 0.573. The summed E-state index contributed by atoms with van der Waals surface area (Å²) in [7, 11) is 0. The third kappa shape index (κ3) is 3.04. The molecular formula is C13H18N4O3. The molecule has 7 nitrogen and oxygen atoms in total. The number of carbonyl (C=O) groups excluding carboxylic acids is 1. The largest absolute Gasteiger partial charge is 0.478 e. The number of aromatic carboxylic acids is 1. The van der Waals surface area contributed by atoms with Gasteiger partial charge in [-0.2, -0.15) is 0 Å². The number of carbonyl (C=O) groups is 2. The van der Waals surface area contributed by atoms with Gasteiger partial charge in [0.05, 0.1) is 11.3 Å². The first-order valence-corrected chi connectivity index (χ1v) is 6.56. The molecule has 1 amide bonds. The molecule has 20 heavy (non-hydrogen) atoms. The molecule has 1 fully saturated rings. The summed E-state index contributed by atoms with van der Waals surface area (Å²) in [6.07, 6.45) is 2.19. The second kappa shape index (κ2) is 5.85. The number of carboxylic acids is 1. The number of amides is 1. The van der Waals surface area contributed by atoms with Crippen LogP contribution in [0.15, 0.2) is 6.20 Å². The van der Waals surface area contributed by atoms with Crippen molar-refractivity contribution in [2.24, 2.45) is 0 Å². The molecule has 0 saturated carbocycles. The van der Waals surface area contributed by atoms with Crippen molar-refractivity contribution in [3.05, 3.63) is 17.5 Å². The van der Waals surface area contributed by atoms with E-state index in [1.54, 1.807) is 18.7 Å². The van der Waals surface area contributed by atoms with Crippen molar-refractivity contribution in [3.8, 4) is 0 Å². The van der Waals surface area contributed by atoms with Crippen LogP contribution in [-0.4, -0.2) is 58.0 Å². The number of aromatic nitrogens is 2. The van der Waals surface area contributed by atoms with E-state index in [-0.39, 0.29) is 11.5 Å². The fraction of sp³-hybridized carbons (Fsp3) is 0.538. The fourth-order valence-corrected chi connectivity index (χ4v) is 2.25. The number of rotatable bonds is 2. The second-order valence-corrected chi connectivity index (χ2v) is 4.82. The lowest BCUT2D eigenvalue weighted by Gasteiger charge is -2.21. The van der Waals surface area contributed by atoms with Crippen LogP contribution in [0.25, 0.3) is 0 Å². The Hall–Kier alpha value is -2.18. The van der Waals surface area contributed by atoms with Gasteiger partial charge in [0.1, 0.15) is 0 Å². The molecule has 2 rings (SSSR count). The van der Waals surface area contributed by atoms with E-state index >= 15 is 0 Å². The van der Waals surface area contributed by atoms with E-state index in [4.69, 9.17) is 5.11 Å². The van der Waals surface area contributed by atoms with Crippen LogP contribution in [-0.2, 0) is 4.79 Å². The van der Waals surface area contributed by atoms with E-state index in [9.17, 15) is 9.59 Å². The van der Waals surface area contributed by atoms with Crippen molar-refractivity contribution in [2.75, 3.05) is 31.1 Å². The van der Waals surface area contributed by atoms with Crippen LogP contribution in [0, 0.1) is 6.92 Å².